The topological polar surface area (TPSA) is 75.7 Å². The molecular formula is C18H26N2O4S2. The van der Waals surface area contributed by atoms with Crippen LogP contribution >= 0.6 is 11.8 Å². The average Bonchev–Trinajstić information content (AvgIpc) is 3.17. The predicted octanol–water partition coefficient (Wildman–Crippen LogP) is 2.40. The molecule has 1 atom stereocenters. The summed E-state index contributed by atoms with van der Waals surface area (Å²) in [5, 5.41) is 3.61. The number of nitrogens with one attached hydrogen (secondary N) is 1. The van der Waals surface area contributed by atoms with Crippen molar-refractivity contribution in [3.8, 4) is 5.75 Å². The van der Waals surface area contributed by atoms with E-state index in [0.717, 1.165) is 11.0 Å². The number of thioether (sulfide) groups is 1. The number of benzene rings is 1. The summed E-state index contributed by atoms with van der Waals surface area (Å²) in [4.78, 5) is 12.5. The molecule has 6 nitrogen and oxygen atoms in total. The Hall–Kier alpha value is -1.41. The second-order valence-corrected chi connectivity index (χ2v) is 10.2. The van der Waals surface area contributed by atoms with Crippen molar-refractivity contribution in [2.75, 3.05) is 28.9 Å². The van der Waals surface area contributed by atoms with Crippen LogP contribution in [-0.4, -0.2) is 50.3 Å². The fourth-order valence-electron chi connectivity index (χ4n) is 3.33. The number of hydrogen-bond acceptors (Lipinski definition) is 5. The molecular weight excluding hydrogens is 372 g/mol. The summed E-state index contributed by atoms with van der Waals surface area (Å²) in [6.45, 7) is 2.18. The SMILES string of the molecule is CCS(=O)(=O)N1C[C@H](C(=O)NCCSC2CCCC2)Oc2ccccc21. The van der Waals surface area contributed by atoms with Crippen LogP contribution in [-0.2, 0) is 14.8 Å². The first-order valence-corrected chi connectivity index (χ1v) is 11.8. The van der Waals surface area contributed by atoms with Gasteiger partial charge in [0.15, 0.2) is 6.10 Å². The first kappa shape index (κ1) is 19.4. The number of para-hydroxylation sites is 2. The van der Waals surface area contributed by atoms with Gasteiger partial charge >= 0.3 is 0 Å². The van der Waals surface area contributed by atoms with E-state index >= 15 is 0 Å². The lowest BCUT2D eigenvalue weighted by Crippen LogP contribution is -2.51. The maximum Gasteiger partial charge on any atom is 0.263 e. The number of carbonyl (C=O) groups excluding carboxylic acids is 1. The smallest absolute Gasteiger partial charge is 0.263 e. The molecule has 8 heteroatoms. The summed E-state index contributed by atoms with van der Waals surface area (Å²) in [5.41, 5.74) is 0.496. The van der Waals surface area contributed by atoms with Crippen molar-refractivity contribution in [2.45, 2.75) is 44.0 Å². The number of ether oxygens (including phenoxy) is 1. The van der Waals surface area contributed by atoms with E-state index in [-0.39, 0.29) is 18.2 Å². The van der Waals surface area contributed by atoms with Crippen molar-refractivity contribution in [3.05, 3.63) is 24.3 Å². The lowest BCUT2D eigenvalue weighted by Gasteiger charge is -2.34. The third-order valence-corrected chi connectivity index (χ3v) is 7.91. The van der Waals surface area contributed by atoms with Crippen LogP contribution in [0.2, 0.25) is 0 Å². The van der Waals surface area contributed by atoms with Gasteiger partial charge in [0.05, 0.1) is 18.0 Å². The number of hydrogen-bond donors (Lipinski definition) is 1. The van der Waals surface area contributed by atoms with Crippen LogP contribution in [0.3, 0.4) is 0 Å². The molecule has 1 aromatic rings. The van der Waals surface area contributed by atoms with Gasteiger partial charge in [0, 0.05) is 17.5 Å². The van der Waals surface area contributed by atoms with E-state index in [1.54, 1.807) is 31.2 Å². The lowest BCUT2D eigenvalue weighted by molar-refractivity contribution is -0.127. The number of sulfonamides is 1. The Morgan fingerprint density at radius 2 is 2.04 bits per heavy atom. The van der Waals surface area contributed by atoms with Crippen LogP contribution in [0.5, 0.6) is 5.75 Å². The summed E-state index contributed by atoms with van der Waals surface area (Å²) < 4.78 is 31.9. The minimum Gasteiger partial charge on any atom is -0.476 e. The van der Waals surface area contributed by atoms with Crippen LogP contribution in [0.4, 0.5) is 5.69 Å². The molecule has 3 rings (SSSR count). The van der Waals surface area contributed by atoms with Crippen LogP contribution < -0.4 is 14.4 Å². The zero-order chi connectivity index (χ0) is 18.6. The van der Waals surface area contributed by atoms with E-state index in [9.17, 15) is 13.2 Å². The van der Waals surface area contributed by atoms with Gasteiger partial charge in [-0.2, -0.15) is 11.8 Å². The summed E-state index contributed by atoms with van der Waals surface area (Å²) >= 11 is 1.91. The molecule has 0 spiro atoms. The molecule has 0 radical (unpaired) electrons. The Bertz CT molecular complexity index is 732. The van der Waals surface area contributed by atoms with Gasteiger partial charge in [-0.1, -0.05) is 25.0 Å². The molecule has 1 aliphatic carbocycles. The number of anilines is 1. The molecule has 1 saturated carbocycles. The average molecular weight is 399 g/mol. The van der Waals surface area contributed by atoms with Crippen LogP contribution in [0, 0.1) is 0 Å². The quantitative estimate of drug-likeness (QED) is 0.714. The summed E-state index contributed by atoms with van der Waals surface area (Å²) in [7, 11) is -3.47. The van der Waals surface area contributed by atoms with Crippen molar-refractivity contribution in [1.82, 2.24) is 5.32 Å². The summed E-state index contributed by atoms with van der Waals surface area (Å²) in [5.74, 6) is 1.02. The van der Waals surface area contributed by atoms with E-state index < -0.39 is 16.1 Å². The largest absolute Gasteiger partial charge is 0.476 e. The van der Waals surface area contributed by atoms with Crippen molar-refractivity contribution in [1.29, 1.82) is 0 Å². The van der Waals surface area contributed by atoms with Gasteiger partial charge in [-0.25, -0.2) is 8.42 Å². The van der Waals surface area contributed by atoms with Gasteiger partial charge in [0.25, 0.3) is 5.91 Å². The Kier molecular flexibility index (Phi) is 6.34. The van der Waals surface area contributed by atoms with E-state index in [4.69, 9.17) is 4.74 Å². The molecule has 1 fully saturated rings. The summed E-state index contributed by atoms with van der Waals surface area (Å²) in [6.07, 6.45) is 4.32. The third-order valence-electron chi connectivity index (χ3n) is 4.78. The number of fused-ring (bicyclic) bond motifs is 1. The molecule has 1 amide bonds. The number of nitrogens with zero attached hydrogens (tertiary/aromatic N) is 1. The minimum atomic E-state index is -3.47. The van der Waals surface area contributed by atoms with Gasteiger partial charge in [0.1, 0.15) is 5.75 Å². The molecule has 0 aromatic heterocycles. The maximum absolute atomic E-state index is 12.5. The Morgan fingerprint density at radius 1 is 1.31 bits per heavy atom. The van der Waals surface area contributed by atoms with Crippen LogP contribution in [0.1, 0.15) is 32.6 Å². The van der Waals surface area contributed by atoms with E-state index in [1.165, 1.54) is 30.0 Å². The second kappa shape index (κ2) is 8.52. The van der Waals surface area contributed by atoms with Gasteiger partial charge in [0.2, 0.25) is 10.0 Å². The highest BCUT2D eigenvalue weighted by atomic mass is 32.2. The van der Waals surface area contributed by atoms with Gasteiger partial charge in [-0.05, 0) is 31.9 Å². The van der Waals surface area contributed by atoms with Crippen molar-refractivity contribution >= 4 is 33.4 Å². The standard InChI is InChI=1S/C18H26N2O4S2/c1-2-26(22,23)20-13-17(24-16-10-6-5-9-15(16)20)18(21)19-11-12-25-14-7-3-4-8-14/h5-6,9-10,14,17H,2-4,7-8,11-13H2,1H3,(H,19,21)/t17-/m1/s1. The minimum absolute atomic E-state index is 0.00872. The normalized spacial score (nSPS) is 20.5. The summed E-state index contributed by atoms with van der Waals surface area (Å²) in [6, 6.07) is 6.94. The highest BCUT2D eigenvalue weighted by Gasteiger charge is 2.35. The molecule has 0 bridgehead atoms. The molecule has 1 aromatic carbocycles. The molecule has 1 aliphatic heterocycles. The molecule has 1 N–H and O–H groups in total. The van der Waals surface area contributed by atoms with Gasteiger partial charge in [-0.15, -0.1) is 0 Å². The lowest BCUT2D eigenvalue weighted by atomic mass is 10.2. The molecule has 26 heavy (non-hydrogen) atoms. The van der Waals surface area contributed by atoms with Gasteiger partial charge < -0.3 is 10.1 Å². The second-order valence-electron chi connectivity index (χ2n) is 6.57. The molecule has 0 unspecified atom stereocenters. The molecule has 2 aliphatic rings. The van der Waals surface area contributed by atoms with Crippen LogP contribution in [0.25, 0.3) is 0 Å². The van der Waals surface area contributed by atoms with E-state index in [0.29, 0.717) is 18.0 Å². The Labute approximate surface area is 159 Å². The predicted molar refractivity (Wildman–Crippen MR) is 105 cm³/mol. The molecule has 144 valence electrons. The number of amides is 1. The van der Waals surface area contributed by atoms with Crippen LogP contribution in [0.15, 0.2) is 24.3 Å². The fraction of sp³-hybridized carbons (Fsp3) is 0.611. The van der Waals surface area contributed by atoms with Gasteiger partial charge in [-0.3, -0.25) is 9.10 Å². The van der Waals surface area contributed by atoms with Crippen molar-refractivity contribution < 1.29 is 17.9 Å². The van der Waals surface area contributed by atoms with Crippen molar-refractivity contribution in [3.63, 3.8) is 0 Å². The zero-order valence-electron chi connectivity index (χ0n) is 15.0. The van der Waals surface area contributed by atoms with Crippen molar-refractivity contribution in [2.24, 2.45) is 0 Å². The monoisotopic (exact) mass is 398 g/mol. The first-order valence-electron chi connectivity index (χ1n) is 9.16. The molecule has 0 saturated heterocycles. The highest BCUT2D eigenvalue weighted by molar-refractivity contribution is 7.99. The number of rotatable bonds is 7. The van der Waals surface area contributed by atoms with E-state index in [1.807, 2.05) is 11.8 Å². The zero-order valence-corrected chi connectivity index (χ0v) is 16.7. The first-order chi connectivity index (χ1) is 12.5. The fourth-order valence-corrected chi connectivity index (χ4v) is 5.67. The third kappa shape index (κ3) is 4.46. The Balaban J connectivity index is 1.60. The number of carbonyl (C=O) groups is 1. The molecule has 1 heterocycles. The Morgan fingerprint density at radius 3 is 2.77 bits per heavy atom. The maximum atomic E-state index is 12.5. The van der Waals surface area contributed by atoms with E-state index in [2.05, 4.69) is 5.32 Å². The highest BCUT2D eigenvalue weighted by Crippen LogP contribution is 2.35.